The molecule has 3 N–H and O–H groups in total. The first kappa shape index (κ1) is 15.4. The smallest absolute Gasteiger partial charge is 0.237 e. The molecular weight excluding hydrogens is 202 g/mol. The van der Waals surface area contributed by atoms with Crippen molar-refractivity contribution < 1.29 is 4.79 Å². The van der Waals surface area contributed by atoms with Gasteiger partial charge in [-0.15, -0.1) is 0 Å². The number of primary amides is 1. The molecule has 96 valence electrons. The van der Waals surface area contributed by atoms with E-state index in [1.165, 1.54) is 6.42 Å². The van der Waals surface area contributed by atoms with E-state index in [4.69, 9.17) is 5.73 Å². The molecule has 4 heteroatoms. The Balaban J connectivity index is 4.07. The van der Waals surface area contributed by atoms with Gasteiger partial charge in [0.2, 0.25) is 5.91 Å². The molecule has 0 aromatic carbocycles. The third kappa shape index (κ3) is 4.94. The lowest BCUT2D eigenvalue weighted by Crippen LogP contribution is -2.53. The Morgan fingerprint density at radius 2 is 2.12 bits per heavy atom. The van der Waals surface area contributed by atoms with Crippen molar-refractivity contribution >= 4 is 5.91 Å². The van der Waals surface area contributed by atoms with Crippen LogP contribution in [0.25, 0.3) is 0 Å². The number of rotatable bonds is 8. The first-order chi connectivity index (χ1) is 7.35. The molecule has 0 bridgehead atoms. The minimum absolute atomic E-state index is 0.285. The van der Waals surface area contributed by atoms with Crippen molar-refractivity contribution in [3.05, 3.63) is 0 Å². The summed E-state index contributed by atoms with van der Waals surface area (Å²) < 4.78 is 0. The summed E-state index contributed by atoms with van der Waals surface area (Å²) in [7, 11) is 3.86. The first-order valence-corrected chi connectivity index (χ1v) is 6.03. The summed E-state index contributed by atoms with van der Waals surface area (Å²) in [5.74, 6) is 0.409. The quantitative estimate of drug-likeness (QED) is 0.648. The SMILES string of the molecule is CCC(C)CN(C)CCC(C)(NC)C(N)=O. The predicted octanol–water partition coefficient (Wildman–Crippen LogP) is 0.818. The Morgan fingerprint density at radius 3 is 2.50 bits per heavy atom. The normalized spacial score (nSPS) is 17.1. The van der Waals surface area contributed by atoms with Crippen molar-refractivity contribution in [2.45, 2.75) is 39.2 Å². The van der Waals surface area contributed by atoms with Gasteiger partial charge in [0.25, 0.3) is 0 Å². The Kier molecular flexibility index (Phi) is 6.60. The summed E-state index contributed by atoms with van der Waals surface area (Å²) in [6.45, 7) is 8.23. The van der Waals surface area contributed by atoms with E-state index in [-0.39, 0.29) is 5.91 Å². The van der Waals surface area contributed by atoms with Gasteiger partial charge in [-0.2, -0.15) is 0 Å². The fourth-order valence-electron chi connectivity index (χ4n) is 1.54. The third-order valence-corrected chi connectivity index (χ3v) is 3.41. The number of carbonyl (C=O) groups is 1. The highest BCUT2D eigenvalue weighted by Crippen LogP contribution is 2.10. The summed E-state index contributed by atoms with van der Waals surface area (Å²) in [5.41, 5.74) is 4.78. The number of hydrogen-bond acceptors (Lipinski definition) is 3. The number of hydrogen-bond donors (Lipinski definition) is 2. The fraction of sp³-hybridized carbons (Fsp3) is 0.917. The second-order valence-electron chi connectivity index (χ2n) is 4.97. The highest BCUT2D eigenvalue weighted by atomic mass is 16.1. The average Bonchev–Trinajstić information content (AvgIpc) is 2.25. The zero-order chi connectivity index (χ0) is 12.8. The lowest BCUT2D eigenvalue weighted by Gasteiger charge is -2.29. The molecule has 2 unspecified atom stereocenters. The zero-order valence-corrected chi connectivity index (χ0v) is 11.3. The highest BCUT2D eigenvalue weighted by Gasteiger charge is 2.28. The van der Waals surface area contributed by atoms with E-state index >= 15 is 0 Å². The molecule has 0 saturated heterocycles. The molecule has 2 atom stereocenters. The van der Waals surface area contributed by atoms with Crippen LogP contribution in [0.15, 0.2) is 0 Å². The Bertz CT molecular complexity index is 220. The second kappa shape index (κ2) is 6.86. The van der Waals surface area contributed by atoms with Crippen LogP contribution in [-0.4, -0.2) is 43.5 Å². The van der Waals surface area contributed by atoms with Gasteiger partial charge in [-0.05, 0) is 33.4 Å². The van der Waals surface area contributed by atoms with Crippen molar-refractivity contribution in [1.82, 2.24) is 10.2 Å². The average molecular weight is 229 g/mol. The van der Waals surface area contributed by atoms with Crippen LogP contribution in [0.3, 0.4) is 0 Å². The molecule has 4 nitrogen and oxygen atoms in total. The van der Waals surface area contributed by atoms with E-state index in [9.17, 15) is 4.79 Å². The second-order valence-corrected chi connectivity index (χ2v) is 4.97. The third-order valence-electron chi connectivity index (χ3n) is 3.41. The van der Waals surface area contributed by atoms with Crippen LogP contribution in [0.2, 0.25) is 0 Å². The topological polar surface area (TPSA) is 58.4 Å². The highest BCUT2D eigenvalue weighted by molar-refractivity contribution is 5.84. The number of carbonyl (C=O) groups excluding carboxylic acids is 1. The summed E-state index contributed by atoms with van der Waals surface area (Å²) in [4.78, 5) is 13.5. The number of nitrogens with one attached hydrogen (secondary N) is 1. The molecule has 0 heterocycles. The summed E-state index contributed by atoms with van der Waals surface area (Å²) in [5, 5.41) is 3.00. The molecule has 0 radical (unpaired) electrons. The minimum atomic E-state index is -0.594. The monoisotopic (exact) mass is 229 g/mol. The maximum Gasteiger partial charge on any atom is 0.237 e. The molecule has 0 aliphatic heterocycles. The van der Waals surface area contributed by atoms with E-state index in [0.717, 1.165) is 19.5 Å². The van der Waals surface area contributed by atoms with Gasteiger partial charge in [0.1, 0.15) is 0 Å². The molecule has 0 aliphatic rings. The Morgan fingerprint density at radius 1 is 1.56 bits per heavy atom. The Hall–Kier alpha value is -0.610. The van der Waals surface area contributed by atoms with Crippen LogP contribution < -0.4 is 11.1 Å². The molecule has 0 spiro atoms. The van der Waals surface area contributed by atoms with E-state index in [2.05, 4.69) is 31.1 Å². The summed E-state index contributed by atoms with van der Waals surface area (Å²) >= 11 is 0. The maximum absolute atomic E-state index is 11.3. The van der Waals surface area contributed by atoms with Gasteiger partial charge in [0.15, 0.2) is 0 Å². The van der Waals surface area contributed by atoms with Gasteiger partial charge in [0, 0.05) is 13.1 Å². The molecule has 0 aromatic heterocycles. The van der Waals surface area contributed by atoms with E-state index in [1.807, 2.05) is 6.92 Å². The molecule has 1 amide bonds. The van der Waals surface area contributed by atoms with Crippen molar-refractivity contribution in [2.75, 3.05) is 27.2 Å². The largest absolute Gasteiger partial charge is 0.368 e. The number of nitrogens with zero attached hydrogens (tertiary/aromatic N) is 1. The van der Waals surface area contributed by atoms with Crippen molar-refractivity contribution in [2.24, 2.45) is 11.7 Å². The number of amides is 1. The number of likely N-dealkylation sites (N-methyl/N-ethyl adjacent to an activating group) is 1. The minimum Gasteiger partial charge on any atom is -0.368 e. The summed E-state index contributed by atoms with van der Waals surface area (Å²) in [6, 6.07) is 0. The molecular formula is C12H27N3O. The van der Waals surface area contributed by atoms with Gasteiger partial charge < -0.3 is 16.0 Å². The Labute approximate surface area is 99.6 Å². The van der Waals surface area contributed by atoms with Gasteiger partial charge >= 0.3 is 0 Å². The van der Waals surface area contributed by atoms with Crippen LogP contribution in [-0.2, 0) is 4.79 Å². The molecule has 0 aromatic rings. The van der Waals surface area contributed by atoms with E-state index in [0.29, 0.717) is 5.92 Å². The van der Waals surface area contributed by atoms with E-state index < -0.39 is 5.54 Å². The van der Waals surface area contributed by atoms with E-state index in [1.54, 1.807) is 7.05 Å². The van der Waals surface area contributed by atoms with Gasteiger partial charge in [-0.1, -0.05) is 20.3 Å². The van der Waals surface area contributed by atoms with Crippen molar-refractivity contribution in [1.29, 1.82) is 0 Å². The van der Waals surface area contributed by atoms with Crippen LogP contribution in [0.5, 0.6) is 0 Å². The molecule has 0 rings (SSSR count). The molecule has 0 fully saturated rings. The van der Waals surface area contributed by atoms with Crippen molar-refractivity contribution in [3.63, 3.8) is 0 Å². The van der Waals surface area contributed by atoms with Gasteiger partial charge in [-0.25, -0.2) is 0 Å². The molecule has 0 saturated carbocycles. The van der Waals surface area contributed by atoms with Crippen LogP contribution in [0.1, 0.15) is 33.6 Å². The summed E-state index contributed by atoms with van der Waals surface area (Å²) in [6.07, 6.45) is 1.93. The fourth-order valence-corrected chi connectivity index (χ4v) is 1.54. The van der Waals surface area contributed by atoms with Crippen LogP contribution in [0.4, 0.5) is 0 Å². The molecule has 0 aliphatic carbocycles. The lowest BCUT2D eigenvalue weighted by molar-refractivity contribution is -0.124. The van der Waals surface area contributed by atoms with Gasteiger partial charge in [-0.3, -0.25) is 4.79 Å². The zero-order valence-electron chi connectivity index (χ0n) is 11.3. The van der Waals surface area contributed by atoms with Crippen LogP contribution in [0, 0.1) is 5.92 Å². The lowest BCUT2D eigenvalue weighted by atomic mass is 9.97. The van der Waals surface area contributed by atoms with Crippen LogP contribution >= 0.6 is 0 Å². The van der Waals surface area contributed by atoms with Crippen molar-refractivity contribution in [3.8, 4) is 0 Å². The van der Waals surface area contributed by atoms with Gasteiger partial charge in [0.05, 0.1) is 5.54 Å². The number of nitrogens with two attached hydrogens (primary N) is 1. The predicted molar refractivity (Wildman–Crippen MR) is 68.2 cm³/mol. The standard InChI is InChI=1S/C12H27N3O/c1-6-10(2)9-15(5)8-7-12(3,14-4)11(13)16/h10,14H,6-9H2,1-5H3,(H2,13,16). The maximum atomic E-state index is 11.3. The first-order valence-electron chi connectivity index (χ1n) is 6.03. The molecule has 16 heavy (non-hydrogen) atoms.